The molecule has 6 heteroatoms. The highest BCUT2D eigenvalue weighted by atomic mass is 19.1. The van der Waals surface area contributed by atoms with Crippen LogP contribution in [0.2, 0.25) is 0 Å². The lowest BCUT2D eigenvalue weighted by atomic mass is 9.99. The Kier molecular flexibility index (Phi) is 5.16. The van der Waals surface area contributed by atoms with Gasteiger partial charge in [-0.1, -0.05) is 25.1 Å². The quantitative estimate of drug-likeness (QED) is 0.857. The van der Waals surface area contributed by atoms with Crippen LogP contribution in [0, 0.1) is 11.7 Å². The van der Waals surface area contributed by atoms with Crippen molar-refractivity contribution in [3.05, 3.63) is 59.8 Å². The molecule has 25 heavy (non-hydrogen) atoms. The van der Waals surface area contributed by atoms with Crippen molar-refractivity contribution >= 4 is 11.8 Å². The van der Waals surface area contributed by atoms with Gasteiger partial charge in [-0.3, -0.25) is 9.59 Å². The molecule has 132 valence electrons. The van der Waals surface area contributed by atoms with Gasteiger partial charge in [0.1, 0.15) is 5.82 Å². The number of rotatable bonds is 4. The number of hydrogen-bond donors (Lipinski definition) is 0. The summed E-state index contributed by atoms with van der Waals surface area (Å²) < 4.78 is 18.9. The van der Waals surface area contributed by atoms with Crippen LogP contribution in [0.4, 0.5) is 4.39 Å². The standard InChI is InChI=1S/C19H21FN2O3/c1-14(13-15-5-2-3-6-16(15)20)18(23)21-8-10-22(11-9-21)19(24)17-7-4-12-25-17/h2-7,12,14H,8-11,13H2,1H3. The minimum atomic E-state index is -0.302. The first-order chi connectivity index (χ1) is 12.1. The van der Waals surface area contributed by atoms with Crippen molar-refractivity contribution in [1.82, 2.24) is 9.80 Å². The summed E-state index contributed by atoms with van der Waals surface area (Å²) in [5.41, 5.74) is 0.551. The largest absolute Gasteiger partial charge is 0.459 e. The van der Waals surface area contributed by atoms with Crippen molar-refractivity contribution in [2.75, 3.05) is 26.2 Å². The molecule has 3 rings (SSSR count). The third-order valence-corrected chi connectivity index (χ3v) is 4.52. The van der Waals surface area contributed by atoms with Crippen molar-refractivity contribution in [1.29, 1.82) is 0 Å². The second-order valence-electron chi connectivity index (χ2n) is 6.29. The molecule has 0 bridgehead atoms. The minimum absolute atomic E-state index is 0.00616. The van der Waals surface area contributed by atoms with E-state index in [1.54, 1.807) is 40.1 Å². The number of carbonyl (C=O) groups excluding carboxylic acids is 2. The lowest BCUT2D eigenvalue weighted by molar-refractivity contribution is -0.136. The molecule has 1 saturated heterocycles. The van der Waals surface area contributed by atoms with E-state index in [2.05, 4.69) is 0 Å². The third kappa shape index (κ3) is 3.90. The second kappa shape index (κ2) is 7.51. The molecule has 0 saturated carbocycles. The lowest BCUT2D eigenvalue weighted by Gasteiger charge is -2.35. The Labute approximate surface area is 146 Å². The number of nitrogens with zero attached hydrogens (tertiary/aromatic N) is 2. The van der Waals surface area contributed by atoms with Gasteiger partial charge < -0.3 is 14.2 Å². The molecule has 0 spiro atoms. The number of hydrogen-bond acceptors (Lipinski definition) is 3. The summed E-state index contributed by atoms with van der Waals surface area (Å²) >= 11 is 0. The molecule has 1 aromatic heterocycles. The van der Waals surface area contributed by atoms with Crippen LogP contribution < -0.4 is 0 Å². The molecule has 1 atom stereocenters. The number of piperazine rings is 1. The highest BCUT2D eigenvalue weighted by molar-refractivity contribution is 5.91. The first kappa shape index (κ1) is 17.2. The first-order valence-electron chi connectivity index (χ1n) is 8.41. The molecule has 5 nitrogen and oxygen atoms in total. The van der Waals surface area contributed by atoms with Crippen LogP contribution in [0.25, 0.3) is 0 Å². The Bertz CT molecular complexity index is 737. The highest BCUT2D eigenvalue weighted by Gasteiger charge is 2.28. The average Bonchev–Trinajstić information content (AvgIpc) is 3.17. The molecule has 2 amide bonds. The smallest absolute Gasteiger partial charge is 0.289 e. The Morgan fingerprint density at radius 3 is 2.40 bits per heavy atom. The van der Waals surface area contributed by atoms with Crippen LogP contribution in [-0.2, 0) is 11.2 Å². The molecule has 2 heterocycles. The van der Waals surface area contributed by atoms with Gasteiger partial charge in [-0.2, -0.15) is 0 Å². The van der Waals surface area contributed by atoms with Gasteiger partial charge in [-0.15, -0.1) is 0 Å². The van der Waals surface area contributed by atoms with Crippen LogP contribution in [0.1, 0.15) is 23.0 Å². The van der Waals surface area contributed by atoms with Gasteiger partial charge in [0.2, 0.25) is 5.91 Å². The van der Waals surface area contributed by atoms with E-state index in [0.717, 1.165) is 0 Å². The fraction of sp³-hybridized carbons (Fsp3) is 0.368. The summed E-state index contributed by atoms with van der Waals surface area (Å²) in [6, 6.07) is 9.84. The van der Waals surface area contributed by atoms with E-state index in [1.165, 1.54) is 12.3 Å². The van der Waals surface area contributed by atoms with Gasteiger partial charge in [0.15, 0.2) is 5.76 Å². The highest BCUT2D eigenvalue weighted by Crippen LogP contribution is 2.16. The van der Waals surface area contributed by atoms with Gasteiger partial charge >= 0.3 is 0 Å². The van der Waals surface area contributed by atoms with Crippen LogP contribution in [-0.4, -0.2) is 47.8 Å². The summed E-state index contributed by atoms with van der Waals surface area (Å²) in [5.74, 6) is -0.433. The van der Waals surface area contributed by atoms with E-state index in [9.17, 15) is 14.0 Å². The lowest BCUT2D eigenvalue weighted by Crippen LogP contribution is -2.51. The maximum atomic E-state index is 13.8. The minimum Gasteiger partial charge on any atom is -0.459 e. The van der Waals surface area contributed by atoms with E-state index < -0.39 is 0 Å². The van der Waals surface area contributed by atoms with Crippen LogP contribution >= 0.6 is 0 Å². The third-order valence-electron chi connectivity index (χ3n) is 4.52. The zero-order chi connectivity index (χ0) is 17.8. The van der Waals surface area contributed by atoms with Crippen LogP contribution in [0.5, 0.6) is 0 Å². The predicted octanol–water partition coefficient (Wildman–Crippen LogP) is 2.58. The molecule has 0 N–H and O–H groups in total. The monoisotopic (exact) mass is 344 g/mol. The van der Waals surface area contributed by atoms with Crippen LogP contribution in [0.15, 0.2) is 47.1 Å². The summed E-state index contributed by atoms with van der Waals surface area (Å²) in [4.78, 5) is 28.3. The Morgan fingerprint density at radius 2 is 1.76 bits per heavy atom. The molecule has 1 fully saturated rings. The SMILES string of the molecule is CC(Cc1ccccc1F)C(=O)N1CCN(C(=O)c2ccco2)CC1. The topological polar surface area (TPSA) is 53.8 Å². The van der Waals surface area contributed by atoms with Crippen molar-refractivity contribution < 1.29 is 18.4 Å². The predicted molar refractivity (Wildman–Crippen MR) is 90.5 cm³/mol. The number of carbonyl (C=O) groups is 2. The van der Waals surface area contributed by atoms with E-state index >= 15 is 0 Å². The van der Waals surface area contributed by atoms with Gasteiger partial charge in [-0.25, -0.2) is 4.39 Å². The number of benzene rings is 1. The molecular formula is C19H21FN2O3. The molecular weight excluding hydrogens is 323 g/mol. The fourth-order valence-corrected chi connectivity index (χ4v) is 3.08. The number of amides is 2. The Morgan fingerprint density at radius 1 is 1.08 bits per heavy atom. The average molecular weight is 344 g/mol. The van der Waals surface area contributed by atoms with Gasteiger partial charge in [0.05, 0.1) is 6.26 Å². The maximum Gasteiger partial charge on any atom is 0.289 e. The molecule has 1 aromatic carbocycles. The summed E-state index contributed by atoms with van der Waals surface area (Å²) in [6.07, 6.45) is 1.84. The summed E-state index contributed by atoms with van der Waals surface area (Å²) in [6.45, 7) is 3.71. The van der Waals surface area contributed by atoms with E-state index in [4.69, 9.17) is 4.42 Å². The summed E-state index contributed by atoms with van der Waals surface area (Å²) in [5, 5.41) is 0. The Balaban J connectivity index is 1.54. The van der Waals surface area contributed by atoms with Crippen molar-refractivity contribution in [2.24, 2.45) is 5.92 Å². The van der Waals surface area contributed by atoms with Crippen molar-refractivity contribution in [2.45, 2.75) is 13.3 Å². The number of furan rings is 1. The van der Waals surface area contributed by atoms with Crippen molar-refractivity contribution in [3.8, 4) is 0 Å². The first-order valence-corrected chi connectivity index (χ1v) is 8.41. The van der Waals surface area contributed by atoms with E-state index in [1.807, 2.05) is 6.92 Å². The molecule has 2 aromatic rings. The zero-order valence-electron chi connectivity index (χ0n) is 14.2. The van der Waals surface area contributed by atoms with Gasteiger partial charge in [-0.05, 0) is 30.2 Å². The molecule has 1 aliphatic heterocycles. The normalized spacial score (nSPS) is 15.9. The number of halogens is 1. The van der Waals surface area contributed by atoms with E-state index in [0.29, 0.717) is 43.9 Å². The van der Waals surface area contributed by atoms with Crippen molar-refractivity contribution in [3.63, 3.8) is 0 Å². The summed E-state index contributed by atoms with van der Waals surface area (Å²) in [7, 11) is 0. The maximum absolute atomic E-state index is 13.8. The second-order valence-corrected chi connectivity index (χ2v) is 6.29. The molecule has 0 radical (unpaired) electrons. The molecule has 1 aliphatic rings. The fourth-order valence-electron chi connectivity index (χ4n) is 3.08. The molecule has 0 aliphatic carbocycles. The zero-order valence-corrected chi connectivity index (χ0v) is 14.2. The van der Waals surface area contributed by atoms with Crippen LogP contribution in [0.3, 0.4) is 0 Å². The van der Waals surface area contributed by atoms with Gasteiger partial charge in [0.25, 0.3) is 5.91 Å². The van der Waals surface area contributed by atoms with E-state index in [-0.39, 0.29) is 23.5 Å². The molecule has 1 unspecified atom stereocenters. The van der Waals surface area contributed by atoms with Gasteiger partial charge in [0, 0.05) is 32.1 Å². The Hall–Kier alpha value is -2.63.